The van der Waals surface area contributed by atoms with Crippen LogP contribution in [0.1, 0.15) is 45.4 Å². The van der Waals surface area contributed by atoms with E-state index in [1.807, 2.05) is 0 Å². The van der Waals surface area contributed by atoms with Crippen LogP contribution in [0.25, 0.3) is 0 Å². The van der Waals surface area contributed by atoms with E-state index in [2.05, 4.69) is 17.1 Å². The van der Waals surface area contributed by atoms with Crippen molar-refractivity contribution in [2.75, 3.05) is 46.0 Å². The summed E-state index contributed by atoms with van der Waals surface area (Å²) in [6.45, 7) is 9.94. The van der Waals surface area contributed by atoms with Crippen LogP contribution in [-0.4, -0.2) is 62.5 Å². The smallest absolute Gasteiger partial charge is 0.0741 e. The van der Waals surface area contributed by atoms with Crippen molar-refractivity contribution in [3.05, 3.63) is 0 Å². The molecule has 4 nitrogen and oxygen atoms in total. The second-order valence-corrected chi connectivity index (χ2v) is 7.12. The molecule has 3 fully saturated rings. The average molecular weight is 296 g/mol. The van der Waals surface area contributed by atoms with Gasteiger partial charge in [0.05, 0.1) is 5.60 Å². The molecule has 0 aromatic carbocycles. The van der Waals surface area contributed by atoms with Crippen LogP contribution in [0.4, 0.5) is 0 Å². The third kappa shape index (κ3) is 4.19. The van der Waals surface area contributed by atoms with E-state index in [1.165, 1.54) is 51.9 Å². The molecule has 0 aromatic heterocycles. The SMILES string of the molecule is CCN1CCC(CNC2CCOC3(CCOCC3)C2)CC1. The lowest BCUT2D eigenvalue weighted by atomic mass is 9.84. The lowest BCUT2D eigenvalue weighted by Crippen LogP contribution is -2.50. The number of piperidine rings is 1. The van der Waals surface area contributed by atoms with Crippen LogP contribution in [0.3, 0.4) is 0 Å². The Balaban J connectivity index is 1.41. The zero-order chi connectivity index (χ0) is 14.5. The number of hydrogen-bond donors (Lipinski definition) is 1. The van der Waals surface area contributed by atoms with Gasteiger partial charge in [0.25, 0.3) is 0 Å². The Morgan fingerprint density at radius 3 is 2.57 bits per heavy atom. The van der Waals surface area contributed by atoms with Crippen molar-refractivity contribution in [1.82, 2.24) is 10.2 Å². The molecular weight excluding hydrogens is 264 g/mol. The predicted octanol–water partition coefficient (Wildman–Crippen LogP) is 2.04. The Labute approximate surface area is 129 Å². The summed E-state index contributed by atoms with van der Waals surface area (Å²) in [5.74, 6) is 0.876. The lowest BCUT2D eigenvalue weighted by Gasteiger charge is -2.44. The van der Waals surface area contributed by atoms with Gasteiger partial charge in [-0.25, -0.2) is 0 Å². The van der Waals surface area contributed by atoms with E-state index in [-0.39, 0.29) is 5.60 Å². The lowest BCUT2D eigenvalue weighted by molar-refractivity contribution is -0.140. The monoisotopic (exact) mass is 296 g/mol. The first-order chi connectivity index (χ1) is 10.3. The first-order valence-electron chi connectivity index (χ1n) is 8.97. The van der Waals surface area contributed by atoms with Crippen LogP contribution in [0.2, 0.25) is 0 Å². The van der Waals surface area contributed by atoms with Gasteiger partial charge >= 0.3 is 0 Å². The molecule has 3 rings (SSSR count). The van der Waals surface area contributed by atoms with Crippen LogP contribution in [0.15, 0.2) is 0 Å². The van der Waals surface area contributed by atoms with Crippen molar-refractivity contribution in [3.63, 3.8) is 0 Å². The number of likely N-dealkylation sites (tertiary alicyclic amines) is 1. The summed E-state index contributed by atoms with van der Waals surface area (Å²) in [6.07, 6.45) is 7.26. The number of ether oxygens (including phenoxy) is 2. The van der Waals surface area contributed by atoms with Gasteiger partial charge in [0.1, 0.15) is 0 Å². The van der Waals surface area contributed by atoms with Gasteiger partial charge in [0.2, 0.25) is 0 Å². The van der Waals surface area contributed by atoms with Crippen LogP contribution < -0.4 is 5.32 Å². The topological polar surface area (TPSA) is 33.7 Å². The minimum Gasteiger partial charge on any atom is -0.381 e. The molecule has 0 aliphatic carbocycles. The van der Waals surface area contributed by atoms with Gasteiger partial charge in [-0.05, 0) is 70.6 Å². The number of nitrogens with one attached hydrogen (secondary N) is 1. The van der Waals surface area contributed by atoms with Crippen molar-refractivity contribution >= 4 is 0 Å². The normalized spacial score (nSPS) is 31.6. The second kappa shape index (κ2) is 7.40. The molecular formula is C17H32N2O2. The van der Waals surface area contributed by atoms with Crippen molar-refractivity contribution in [1.29, 1.82) is 0 Å². The standard InChI is InChI=1S/C17H32N2O2/c1-2-19-8-3-15(4-9-19)14-18-16-5-10-21-17(13-16)6-11-20-12-7-17/h15-16,18H,2-14H2,1H3. The highest BCUT2D eigenvalue weighted by atomic mass is 16.5. The summed E-state index contributed by atoms with van der Waals surface area (Å²) in [4.78, 5) is 2.57. The second-order valence-electron chi connectivity index (χ2n) is 7.12. The molecule has 0 aromatic rings. The van der Waals surface area contributed by atoms with E-state index < -0.39 is 0 Å². The van der Waals surface area contributed by atoms with E-state index in [4.69, 9.17) is 9.47 Å². The molecule has 3 heterocycles. The zero-order valence-corrected chi connectivity index (χ0v) is 13.6. The van der Waals surface area contributed by atoms with Crippen molar-refractivity contribution in [2.45, 2.75) is 57.1 Å². The largest absolute Gasteiger partial charge is 0.381 e. The maximum absolute atomic E-state index is 6.13. The number of hydrogen-bond acceptors (Lipinski definition) is 4. The van der Waals surface area contributed by atoms with E-state index >= 15 is 0 Å². The average Bonchev–Trinajstić information content (AvgIpc) is 2.54. The van der Waals surface area contributed by atoms with E-state index in [0.717, 1.165) is 38.6 Å². The fourth-order valence-corrected chi connectivity index (χ4v) is 4.13. The molecule has 0 bridgehead atoms. The molecule has 1 spiro atoms. The highest BCUT2D eigenvalue weighted by Crippen LogP contribution is 2.34. The summed E-state index contributed by atoms with van der Waals surface area (Å²) in [6, 6.07) is 0.654. The summed E-state index contributed by atoms with van der Waals surface area (Å²) >= 11 is 0. The Morgan fingerprint density at radius 1 is 1.10 bits per heavy atom. The van der Waals surface area contributed by atoms with E-state index in [9.17, 15) is 0 Å². The van der Waals surface area contributed by atoms with Crippen molar-refractivity contribution < 1.29 is 9.47 Å². The molecule has 0 radical (unpaired) electrons. The molecule has 1 unspecified atom stereocenters. The zero-order valence-electron chi connectivity index (χ0n) is 13.6. The first kappa shape index (κ1) is 15.7. The van der Waals surface area contributed by atoms with E-state index in [1.54, 1.807) is 0 Å². The van der Waals surface area contributed by atoms with Gasteiger partial charge in [-0.15, -0.1) is 0 Å². The predicted molar refractivity (Wildman–Crippen MR) is 84.6 cm³/mol. The fraction of sp³-hybridized carbons (Fsp3) is 1.00. The Kier molecular flexibility index (Phi) is 5.54. The van der Waals surface area contributed by atoms with Gasteiger partial charge in [-0.3, -0.25) is 0 Å². The molecule has 4 heteroatoms. The minimum atomic E-state index is 0.125. The van der Waals surface area contributed by atoms with Gasteiger partial charge in [0.15, 0.2) is 0 Å². The molecule has 3 saturated heterocycles. The van der Waals surface area contributed by atoms with E-state index in [0.29, 0.717) is 6.04 Å². The molecule has 3 aliphatic heterocycles. The van der Waals surface area contributed by atoms with Crippen LogP contribution in [0.5, 0.6) is 0 Å². The van der Waals surface area contributed by atoms with Gasteiger partial charge < -0.3 is 19.7 Å². The van der Waals surface area contributed by atoms with Crippen molar-refractivity contribution in [3.8, 4) is 0 Å². The third-order valence-electron chi connectivity index (χ3n) is 5.75. The Bertz CT molecular complexity index is 304. The van der Waals surface area contributed by atoms with Crippen LogP contribution in [-0.2, 0) is 9.47 Å². The highest BCUT2D eigenvalue weighted by Gasteiger charge is 2.38. The molecule has 1 N–H and O–H groups in total. The summed E-state index contributed by atoms with van der Waals surface area (Å²) in [5.41, 5.74) is 0.125. The van der Waals surface area contributed by atoms with Crippen LogP contribution in [0, 0.1) is 5.92 Å². The minimum absolute atomic E-state index is 0.125. The highest BCUT2D eigenvalue weighted by molar-refractivity contribution is 4.92. The fourth-order valence-electron chi connectivity index (χ4n) is 4.13. The van der Waals surface area contributed by atoms with Gasteiger partial charge in [-0.1, -0.05) is 6.92 Å². The molecule has 122 valence electrons. The summed E-state index contributed by atoms with van der Waals surface area (Å²) in [5, 5.41) is 3.86. The third-order valence-corrected chi connectivity index (χ3v) is 5.75. The summed E-state index contributed by atoms with van der Waals surface area (Å²) < 4.78 is 11.6. The van der Waals surface area contributed by atoms with Gasteiger partial charge in [-0.2, -0.15) is 0 Å². The Morgan fingerprint density at radius 2 is 1.86 bits per heavy atom. The van der Waals surface area contributed by atoms with Crippen LogP contribution >= 0.6 is 0 Å². The first-order valence-corrected chi connectivity index (χ1v) is 8.97. The number of nitrogens with zero attached hydrogens (tertiary/aromatic N) is 1. The Hall–Kier alpha value is -0.160. The molecule has 0 amide bonds. The number of rotatable bonds is 4. The van der Waals surface area contributed by atoms with Gasteiger partial charge in [0, 0.05) is 25.9 Å². The maximum Gasteiger partial charge on any atom is 0.0741 e. The summed E-state index contributed by atoms with van der Waals surface area (Å²) in [7, 11) is 0. The molecule has 1 atom stereocenters. The molecule has 3 aliphatic rings. The molecule has 21 heavy (non-hydrogen) atoms. The quantitative estimate of drug-likeness (QED) is 0.861. The molecule has 0 saturated carbocycles. The maximum atomic E-state index is 6.13. The van der Waals surface area contributed by atoms with Crippen molar-refractivity contribution in [2.24, 2.45) is 5.92 Å².